The zero-order valence-corrected chi connectivity index (χ0v) is 25.5. The van der Waals surface area contributed by atoms with Gasteiger partial charge >= 0.3 is 0 Å². The molecule has 0 aromatic heterocycles. The van der Waals surface area contributed by atoms with E-state index < -0.39 is 5.41 Å². The van der Waals surface area contributed by atoms with Crippen molar-refractivity contribution < 1.29 is 14.6 Å². The van der Waals surface area contributed by atoms with Crippen molar-refractivity contribution in [3.63, 3.8) is 0 Å². The van der Waals surface area contributed by atoms with Crippen LogP contribution in [-0.4, -0.2) is 50.3 Å². The summed E-state index contributed by atoms with van der Waals surface area (Å²) in [5.41, 5.74) is 5.74. The van der Waals surface area contributed by atoms with E-state index in [1.54, 1.807) is 12.7 Å². The van der Waals surface area contributed by atoms with Crippen LogP contribution in [0.5, 0.6) is 0 Å². The van der Waals surface area contributed by atoms with E-state index in [1.165, 1.54) is 41.7 Å². The van der Waals surface area contributed by atoms with Gasteiger partial charge < -0.3 is 14.7 Å². The van der Waals surface area contributed by atoms with Crippen LogP contribution in [0.25, 0.3) is 0 Å². The molecule has 1 heterocycles. The minimum absolute atomic E-state index is 0.0413. The van der Waals surface area contributed by atoms with E-state index in [0.29, 0.717) is 24.2 Å². The van der Waals surface area contributed by atoms with Gasteiger partial charge in [-0.05, 0) is 110 Å². The van der Waals surface area contributed by atoms with Crippen molar-refractivity contribution in [3.05, 3.63) is 57.5 Å². The molecule has 0 radical (unpaired) electrons. The van der Waals surface area contributed by atoms with Crippen molar-refractivity contribution in [2.45, 2.75) is 83.6 Å². The van der Waals surface area contributed by atoms with E-state index in [0.717, 1.165) is 45.2 Å². The van der Waals surface area contributed by atoms with Gasteiger partial charge in [-0.15, -0.1) is 0 Å². The summed E-state index contributed by atoms with van der Waals surface area (Å²) in [6.07, 6.45) is 11.1. The SMILES string of the molecule is COCC(=O)[C@@]1(C#CCO)CC[C@H]2[C@@H]3CC(C)C4=CC(N=O)CCC4=C3C(c3ccc(N4CCCCC4)cc3)C[C@@]21C. The maximum absolute atomic E-state index is 13.9. The third-order valence-electron chi connectivity index (χ3n) is 11.7. The van der Waals surface area contributed by atoms with Crippen LogP contribution >= 0.6 is 0 Å². The van der Waals surface area contributed by atoms with Crippen LogP contribution in [0.2, 0.25) is 0 Å². The Morgan fingerprint density at radius 2 is 1.93 bits per heavy atom. The summed E-state index contributed by atoms with van der Waals surface area (Å²) in [5.74, 6) is 7.52. The first-order valence-electron chi connectivity index (χ1n) is 16.1. The van der Waals surface area contributed by atoms with Crippen molar-refractivity contribution in [2.75, 3.05) is 38.3 Å². The molecular formula is C36H46N2O4. The molecule has 224 valence electrons. The van der Waals surface area contributed by atoms with Gasteiger partial charge in [0.15, 0.2) is 5.78 Å². The molecule has 1 aromatic rings. The molecule has 1 N–H and O–H groups in total. The number of rotatable bonds is 6. The quantitative estimate of drug-likeness (QED) is 0.309. The number of aliphatic hydroxyl groups is 1. The molecule has 6 heteroatoms. The predicted octanol–water partition coefficient (Wildman–Crippen LogP) is 6.59. The monoisotopic (exact) mass is 570 g/mol. The van der Waals surface area contributed by atoms with Crippen molar-refractivity contribution in [1.82, 2.24) is 0 Å². The Hall–Kier alpha value is -2.75. The molecule has 0 bridgehead atoms. The van der Waals surface area contributed by atoms with Crippen LogP contribution in [0.15, 0.2) is 52.2 Å². The number of ketones is 1. The fraction of sp³-hybridized carbons (Fsp3) is 0.639. The summed E-state index contributed by atoms with van der Waals surface area (Å²) in [6.45, 7) is 6.63. The lowest BCUT2D eigenvalue weighted by molar-refractivity contribution is -0.136. The Labute approximate surface area is 250 Å². The van der Waals surface area contributed by atoms with Gasteiger partial charge in [0.25, 0.3) is 0 Å². The standard InChI is InChI=1S/C36H46N2O4/c1-24-20-30-32-14-16-36(15-7-19-39,33(40)23-42-3)35(32,2)22-31(34(30)28-13-10-26(37-41)21-29(24)28)25-8-11-27(12-9-25)38-17-5-4-6-18-38/h8-9,11-12,21,24,26,30-32,39H,4-6,10,13-14,16-20,22-23H2,1-3H3/t24?,26?,30-,31?,32-,35-,36+/m0/s1. The number of carbonyl (C=O) groups excluding carboxylic acids is 1. The van der Waals surface area contributed by atoms with E-state index in [-0.39, 0.29) is 36.4 Å². The summed E-state index contributed by atoms with van der Waals surface area (Å²) < 4.78 is 5.41. The highest BCUT2D eigenvalue weighted by Gasteiger charge is 2.65. The van der Waals surface area contributed by atoms with Crippen molar-refractivity contribution in [1.29, 1.82) is 0 Å². The number of methoxy groups -OCH3 is 1. The second-order valence-electron chi connectivity index (χ2n) is 13.7. The van der Waals surface area contributed by atoms with Crippen LogP contribution < -0.4 is 4.90 Å². The van der Waals surface area contributed by atoms with E-state index in [9.17, 15) is 14.8 Å². The molecule has 3 fully saturated rings. The first kappa shape index (κ1) is 29.3. The lowest BCUT2D eigenvalue weighted by Crippen LogP contribution is -2.52. The Kier molecular flexibility index (Phi) is 8.19. The zero-order valence-electron chi connectivity index (χ0n) is 25.5. The van der Waals surface area contributed by atoms with Gasteiger partial charge in [0.05, 0.1) is 5.41 Å². The molecule has 5 aliphatic rings. The minimum Gasteiger partial charge on any atom is -0.384 e. The number of nitroso groups, excluding NO2 is 1. The lowest BCUT2D eigenvalue weighted by Gasteiger charge is -2.55. The summed E-state index contributed by atoms with van der Waals surface area (Å²) in [6, 6.07) is 9.02. The number of hydrogen-bond acceptors (Lipinski definition) is 6. The molecule has 6 nitrogen and oxygen atoms in total. The number of hydrogen-bond donors (Lipinski definition) is 1. The molecule has 2 saturated carbocycles. The molecule has 1 aliphatic heterocycles. The van der Waals surface area contributed by atoms with Gasteiger partial charge in [0.1, 0.15) is 19.3 Å². The first-order chi connectivity index (χ1) is 20.4. The normalized spacial score (nSPS) is 35.8. The molecule has 4 aliphatic carbocycles. The number of aliphatic hydroxyl groups excluding tert-OH is 1. The van der Waals surface area contributed by atoms with Crippen LogP contribution in [0.4, 0.5) is 5.69 Å². The van der Waals surface area contributed by atoms with Gasteiger partial charge in [-0.3, -0.25) is 4.79 Å². The first-order valence-corrected chi connectivity index (χ1v) is 16.1. The molecule has 7 atom stereocenters. The van der Waals surface area contributed by atoms with Crippen LogP contribution in [0.1, 0.15) is 83.1 Å². The third-order valence-corrected chi connectivity index (χ3v) is 11.7. The molecule has 1 aromatic carbocycles. The fourth-order valence-electron chi connectivity index (χ4n) is 9.73. The molecular weight excluding hydrogens is 524 g/mol. The Bertz CT molecular complexity index is 1330. The highest BCUT2D eigenvalue weighted by molar-refractivity contribution is 5.90. The number of allylic oxidation sites excluding steroid dienone is 3. The molecule has 1 saturated heterocycles. The van der Waals surface area contributed by atoms with E-state index >= 15 is 0 Å². The van der Waals surface area contributed by atoms with Crippen molar-refractivity contribution >= 4 is 11.5 Å². The fourth-order valence-corrected chi connectivity index (χ4v) is 9.73. The largest absolute Gasteiger partial charge is 0.384 e. The van der Waals surface area contributed by atoms with Crippen molar-refractivity contribution in [2.24, 2.45) is 33.8 Å². The van der Waals surface area contributed by atoms with Gasteiger partial charge in [0.2, 0.25) is 0 Å². The summed E-state index contributed by atoms with van der Waals surface area (Å²) in [5, 5.41) is 13.1. The summed E-state index contributed by atoms with van der Waals surface area (Å²) in [7, 11) is 1.58. The van der Waals surface area contributed by atoms with E-state index in [2.05, 4.69) is 66.1 Å². The molecule has 3 unspecified atom stereocenters. The van der Waals surface area contributed by atoms with Gasteiger partial charge in [-0.25, -0.2) is 0 Å². The summed E-state index contributed by atoms with van der Waals surface area (Å²) >= 11 is 0. The molecule has 42 heavy (non-hydrogen) atoms. The van der Waals surface area contributed by atoms with Crippen LogP contribution in [-0.2, 0) is 9.53 Å². The number of Topliss-reactive ketones (excluding diaryl/α,β-unsaturated/α-hetero) is 1. The van der Waals surface area contributed by atoms with Crippen LogP contribution in [0.3, 0.4) is 0 Å². The highest BCUT2D eigenvalue weighted by atomic mass is 16.5. The van der Waals surface area contributed by atoms with Gasteiger partial charge in [0, 0.05) is 31.8 Å². The highest BCUT2D eigenvalue weighted by Crippen LogP contribution is 2.70. The minimum atomic E-state index is -0.836. The number of benzene rings is 1. The third kappa shape index (κ3) is 4.68. The second kappa shape index (κ2) is 11.7. The molecule has 0 spiro atoms. The molecule has 6 rings (SSSR count). The van der Waals surface area contributed by atoms with E-state index in [4.69, 9.17) is 4.74 Å². The number of nitrogens with zero attached hydrogens (tertiary/aromatic N) is 2. The smallest absolute Gasteiger partial charge is 0.176 e. The Morgan fingerprint density at radius 3 is 2.62 bits per heavy atom. The number of anilines is 1. The maximum atomic E-state index is 13.9. The predicted molar refractivity (Wildman–Crippen MR) is 166 cm³/mol. The van der Waals surface area contributed by atoms with Crippen LogP contribution in [0, 0.1) is 45.3 Å². The Balaban J connectivity index is 1.49. The average molecular weight is 571 g/mol. The summed E-state index contributed by atoms with van der Waals surface area (Å²) in [4.78, 5) is 28.0. The van der Waals surface area contributed by atoms with E-state index in [1.807, 2.05) is 0 Å². The Morgan fingerprint density at radius 1 is 1.17 bits per heavy atom. The number of fused-ring (bicyclic) bond motifs is 4. The van der Waals surface area contributed by atoms with Gasteiger partial charge in [-0.1, -0.05) is 54.6 Å². The maximum Gasteiger partial charge on any atom is 0.176 e. The number of ether oxygens (including phenoxy) is 1. The second-order valence-corrected chi connectivity index (χ2v) is 13.7. The average Bonchev–Trinajstić information content (AvgIpc) is 3.33. The zero-order chi connectivity index (χ0) is 29.5. The number of piperidine rings is 1. The number of carbonyl (C=O) groups is 1. The molecule has 0 amide bonds. The van der Waals surface area contributed by atoms with Gasteiger partial charge in [-0.2, -0.15) is 4.91 Å². The van der Waals surface area contributed by atoms with Crippen molar-refractivity contribution in [3.8, 4) is 11.8 Å². The topological polar surface area (TPSA) is 79.2 Å². The lowest BCUT2D eigenvalue weighted by atomic mass is 9.47.